The van der Waals surface area contributed by atoms with E-state index in [1.807, 2.05) is 0 Å². The monoisotopic (exact) mass is 170 g/mol. The lowest BCUT2D eigenvalue weighted by molar-refractivity contribution is 0.271. The van der Waals surface area contributed by atoms with Gasteiger partial charge in [0.1, 0.15) is 0 Å². The summed E-state index contributed by atoms with van der Waals surface area (Å²) in [7, 11) is 0. The number of hydrogen-bond acceptors (Lipinski definition) is 2. The Bertz CT molecular complexity index is 110. The number of hydrogen-bond donors (Lipinski definition) is 1. The molecule has 12 heavy (non-hydrogen) atoms. The fourth-order valence-corrected chi connectivity index (χ4v) is 1.67. The van der Waals surface area contributed by atoms with Crippen LogP contribution in [-0.2, 0) is 0 Å². The fourth-order valence-electron chi connectivity index (χ4n) is 1.67. The van der Waals surface area contributed by atoms with Crippen LogP contribution < -0.4 is 5.73 Å². The highest BCUT2D eigenvalue weighted by Gasteiger charge is 2.26. The Labute approximate surface area is 76.1 Å². The predicted octanol–water partition coefficient (Wildman–Crippen LogP) is 1.60. The largest absolute Gasteiger partial charge is 0.330 e. The first kappa shape index (κ1) is 10.0. The second-order valence-electron chi connectivity index (χ2n) is 3.71. The van der Waals surface area contributed by atoms with Crippen molar-refractivity contribution in [2.24, 2.45) is 5.73 Å². The molecule has 0 bridgehead atoms. The molecule has 0 spiro atoms. The lowest BCUT2D eigenvalue weighted by Gasteiger charge is -2.19. The minimum absolute atomic E-state index is 0.857. The van der Waals surface area contributed by atoms with Crippen molar-refractivity contribution in [2.75, 3.05) is 19.6 Å². The smallest absolute Gasteiger partial charge is 0.00963 e. The van der Waals surface area contributed by atoms with Crippen LogP contribution in [-0.4, -0.2) is 30.6 Å². The highest BCUT2D eigenvalue weighted by Crippen LogP contribution is 2.26. The average molecular weight is 170 g/mol. The quantitative estimate of drug-likeness (QED) is 0.588. The van der Waals surface area contributed by atoms with Crippen LogP contribution in [0.3, 0.4) is 0 Å². The summed E-state index contributed by atoms with van der Waals surface area (Å²) in [4.78, 5) is 2.61. The van der Waals surface area contributed by atoms with Gasteiger partial charge in [0.2, 0.25) is 0 Å². The van der Waals surface area contributed by atoms with Crippen LogP contribution in [0, 0.1) is 0 Å². The molecule has 2 N–H and O–H groups in total. The number of nitrogens with two attached hydrogens (primary N) is 1. The van der Waals surface area contributed by atoms with Gasteiger partial charge in [-0.2, -0.15) is 0 Å². The molecule has 0 amide bonds. The highest BCUT2D eigenvalue weighted by molar-refractivity contribution is 4.83. The molecule has 0 aromatic heterocycles. The van der Waals surface area contributed by atoms with Crippen LogP contribution in [0.2, 0.25) is 0 Å². The van der Waals surface area contributed by atoms with Gasteiger partial charge in [-0.1, -0.05) is 13.3 Å². The molecule has 0 aliphatic heterocycles. The molecule has 1 fully saturated rings. The maximum absolute atomic E-state index is 5.44. The normalized spacial score (nSPS) is 17.2. The molecule has 0 atom stereocenters. The lowest BCUT2D eigenvalue weighted by Crippen LogP contribution is -2.26. The van der Waals surface area contributed by atoms with Crippen LogP contribution in [0.25, 0.3) is 0 Å². The summed E-state index contributed by atoms with van der Waals surface area (Å²) in [6.07, 6.45) is 6.71. The maximum Gasteiger partial charge on any atom is 0.00963 e. The van der Waals surface area contributed by atoms with E-state index in [-0.39, 0.29) is 0 Å². The van der Waals surface area contributed by atoms with Crippen molar-refractivity contribution in [3.8, 4) is 0 Å². The van der Waals surface area contributed by atoms with E-state index >= 15 is 0 Å². The Morgan fingerprint density at radius 3 is 2.50 bits per heavy atom. The van der Waals surface area contributed by atoms with Crippen LogP contribution in [0.4, 0.5) is 0 Å². The molecular formula is C10H22N2. The van der Waals surface area contributed by atoms with Gasteiger partial charge in [-0.3, -0.25) is 0 Å². The molecule has 0 saturated heterocycles. The Morgan fingerprint density at radius 2 is 2.00 bits per heavy atom. The van der Waals surface area contributed by atoms with Gasteiger partial charge in [0.25, 0.3) is 0 Å². The van der Waals surface area contributed by atoms with Gasteiger partial charge in [0, 0.05) is 6.04 Å². The zero-order valence-electron chi connectivity index (χ0n) is 8.26. The Balaban J connectivity index is 1.95. The van der Waals surface area contributed by atoms with Gasteiger partial charge in [-0.15, -0.1) is 0 Å². The average Bonchev–Trinajstić information content (AvgIpc) is 2.88. The molecule has 2 heteroatoms. The molecule has 0 unspecified atom stereocenters. The van der Waals surface area contributed by atoms with Gasteiger partial charge in [-0.25, -0.2) is 0 Å². The molecule has 2 nitrogen and oxygen atoms in total. The van der Waals surface area contributed by atoms with Gasteiger partial charge in [0.05, 0.1) is 0 Å². The molecule has 0 aromatic carbocycles. The van der Waals surface area contributed by atoms with Gasteiger partial charge in [0.15, 0.2) is 0 Å². The standard InChI is InChI=1S/C10H22N2/c1-2-12(10-6-7-10)9-5-3-4-8-11/h10H,2-9,11H2,1H3. The second-order valence-corrected chi connectivity index (χ2v) is 3.71. The van der Waals surface area contributed by atoms with Gasteiger partial charge >= 0.3 is 0 Å². The van der Waals surface area contributed by atoms with Crippen molar-refractivity contribution < 1.29 is 0 Å². The molecule has 1 aliphatic rings. The van der Waals surface area contributed by atoms with Crippen molar-refractivity contribution in [1.82, 2.24) is 4.90 Å². The van der Waals surface area contributed by atoms with Crippen LogP contribution in [0.1, 0.15) is 39.0 Å². The van der Waals surface area contributed by atoms with Gasteiger partial charge < -0.3 is 10.6 Å². The van der Waals surface area contributed by atoms with E-state index in [9.17, 15) is 0 Å². The Kier molecular flexibility index (Phi) is 4.62. The van der Waals surface area contributed by atoms with Crippen LogP contribution in [0.5, 0.6) is 0 Å². The van der Waals surface area contributed by atoms with Crippen molar-refractivity contribution in [3.63, 3.8) is 0 Å². The van der Waals surface area contributed by atoms with E-state index in [4.69, 9.17) is 5.73 Å². The minimum Gasteiger partial charge on any atom is -0.330 e. The third-order valence-electron chi connectivity index (χ3n) is 2.62. The first-order valence-electron chi connectivity index (χ1n) is 5.32. The molecule has 1 rings (SSSR count). The molecule has 1 aliphatic carbocycles. The van der Waals surface area contributed by atoms with E-state index in [2.05, 4.69) is 11.8 Å². The SMILES string of the molecule is CCN(CCCCCN)C1CC1. The molecule has 0 aromatic rings. The van der Waals surface area contributed by atoms with E-state index in [1.54, 1.807) is 0 Å². The summed E-state index contributed by atoms with van der Waals surface area (Å²) in [5, 5.41) is 0. The minimum atomic E-state index is 0.857. The zero-order valence-corrected chi connectivity index (χ0v) is 8.26. The highest BCUT2D eigenvalue weighted by atomic mass is 15.2. The fraction of sp³-hybridized carbons (Fsp3) is 1.00. The summed E-state index contributed by atoms with van der Waals surface area (Å²) in [6, 6.07) is 0.938. The first-order valence-corrected chi connectivity index (χ1v) is 5.32. The van der Waals surface area contributed by atoms with E-state index in [1.165, 1.54) is 45.2 Å². The molecular weight excluding hydrogens is 148 g/mol. The van der Waals surface area contributed by atoms with E-state index < -0.39 is 0 Å². The predicted molar refractivity (Wildman–Crippen MR) is 53.2 cm³/mol. The third-order valence-corrected chi connectivity index (χ3v) is 2.62. The molecule has 72 valence electrons. The van der Waals surface area contributed by atoms with E-state index in [0.29, 0.717) is 0 Å². The number of unbranched alkanes of at least 4 members (excludes halogenated alkanes) is 2. The van der Waals surface area contributed by atoms with E-state index in [0.717, 1.165) is 12.6 Å². The number of nitrogens with zero attached hydrogens (tertiary/aromatic N) is 1. The molecule has 0 heterocycles. The zero-order chi connectivity index (χ0) is 8.81. The number of rotatable bonds is 7. The summed E-state index contributed by atoms with van der Waals surface area (Å²) in [5.74, 6) is 0. The second kappa shape index (κ2) is 5.55. The molecule has 1 saturated carbocycles. The van der Waals surface area contributed by atoms with Crippen molar-refractivity contribution in [1.29, 1.82) is 0 Å². The van der Waals surface area contributed by atoms with Crippen LogP contribution >= 0.6 is 0 Å². The first-order chi connectivity index (χ1) is 5.88. The maximum atomic E-state index is 5.44. The van der Waals surface area contributed by atoms with Crippen molar-refractivity contribution >= 4 is 0 Å². The summed E-state index contributed by atoms with van der Waals surface area (Å²) in [5.41, 5.74) is 5.44. The Hall–Kier alpha value is -0.0800. The Morgan fingerprint density at radius 1 is 1.25 bits per heavy atom. The topological polar surface area (TPSA) is 29.3 Å². The third kappa shape index (κ3) is 3.55. The lowest BCUT2D eigenvalue weighted by atomic mass is 10.2. The summed E-state index contributed by atoms with van der Waals surface area (Å²) < 4.78 is 0. The van der Waals surface area contributed by atoms with Crippen molar-refractivity contribution in [3.05, 3.63) is 0 Å². The van der Waals surface area contributed by atoms with Crippen LogP contribution in [0.15, 0.2) is 0 Å². The summed E-state index contributed by atoms with van der Waals surface area (Å²) >= 11 is 0. The van der Waals surface area contributed by atoms with Gasteiger partial charge in [-0.05, 0) is 45.3 Å². The molecule has 0 radical (unpaired) electrons. The van der Waals surface area contributed by atoms with Crippen molar-refractivity contribution in [2.45, 2.75) is 45.1 Å². The summed E-state index contributed by atoms with van der Waals surface area (Å²) in [6.45, 7) is 5.64.